The van der Waals surface area contributed by atoms with Crippen LogP contribution in [0.1, 0.15) is 11.1 Å². The average Bonchev–Trinajstić information content (AvgIpc) is 2.49. The number of benzene rings is 2. The Hall–Kier alpha value is -3.00. The summed E-state index contributed by atoms with van der Waals surface area (Å²) in [5, 5.41) is 11.7. The van der Waals surface area contributed by atoms with Gasteiger partial charge >= 0.3 is 0 Å². The van der Waals surface area contributed by atoms with Crippen molar-refractivity contribution in [1.29, 1.82) is 5.26 Å². The standard InChI is InChI=1S/C17H12F2N2O/c1-11-4-2-3-5-16(11)21-17(22)13(10-20)8-12-6-7-14(18)9-15(12)19/h2-9H,1H3,(H,21,22)/b13-8-. The lowest BCUT2D eigenvalue weighted by Gasteiger charge is -2.07. The van der Waals surface area contributed by atoms with Gasteiger partial charge < -0.3 is 5.32 Å². The average molecular weight is 298 g/mol. The molecule has 1 amide bonds. The first-order valence-corrected chi connectivity index (χ1v) is 6.45. The van der Waals surface area contributed by atoms with Gasteiger partial charge in [0.25, 0.3) is 5.91 Å². The summed E-state index contributed by atoms with van der Waals surface area (Å²) in [6, 6.07) is 11.7. The van der Waals surface area contributed by atoms with E-state index in [4.69, 9.17) is 5.26 Å². The van der Waals surface area contributed by atoms with Gasteiger partial charge in [-0.05, 0) is 36.8 Å². The molecule has 0 fully saturated rings. The Kier molecular flexibility index (Phi) is 4.64. The molecule has 1 N–H and O–H groups in total. The Morgan fingerprint density at radius 2 is 1.95 bits per heavy atom. The molecule has 0 aromatic heterocycles. The lowest BCUT2D eigenvalue weighted by Crippen LogP contribution is -2.14. The number of carbonyl (C=O) groups excluding carboxylic acids is 1. The second-order valence-electron chi connectivity index (χ2n) is 4.60. The number of amides is 1. The summed E-state index contributed by atoms with van der Waals surface area (Å²) in [5.41, 5.74) is 1.10. The third-order valence-corrected chi connectivity index (χ3v) is 3.02. The number of carbonyl (C=O) groups is 1. The van der Waals surface area contributed by atoms with Gasteiger partial charge in [-0.1, -0.05) is 18.2 Å². The highest BCUT2D eigenvalue weighted by molar-refractivity contribution is 6.09. The number of nitriles is 1. The van der Waals surface area contributed by atoms with E-state index in [1.54, 1.807) is 18.2 Å². The maximum absolute atomic E-state index is 13.6. The minimum absolute atomic E-state index is 0.0297. The van der Waals surface area contributed by atoms with Crippen LogP contribution in [0.3, 0.4) is 0 Å². The van der Waals surface area contributed by atoms with Crippen molar-refractivity contribution in [2.24, 2.45) is 0 Å². The number of halogens is 2. The summed E-state index contributed by atoms with van der Waals surface area (Å²) in [6.45, 7) is 1.81. The molecule has 110 valence electrons. The maximum atomic E-state index is 13.6. The molecule has 0 heterocycles. The topological polar surface area (TPSA) is 52.9 Å². The number of para-hydroxylation sites is 1. The minimum Gasteiger partial charge on any atom is -0.321 e. The molecule has 5 heteroatoms. The minimum atomic E-state index is -0.837. The SMILES string of the molecule is Cc1ccccc1NC(=O)/C(C#N)=C\c1ccc(F)cc1F. The Balaban J connectivity index is 2.28. The third kappa shape index (κ3) is 3.55. The van der Waals surface area contributed by atoms with E-state index in [1.165, 1.54) is 6.07 Å². The quantitative estimate of drug-likeness (QED) is 0.692. The van der Waals surface area contributed by atoms with Gasteiger partial charge in [0.15, 0.2) is 0 Å². The number of nitrogens with one attached hydrogen (secondary N) is 1. The smallest absolute Gasteiger partial charge is 0.266 e. The van der Waals surface area contributed by atoms with Gasteiger partial charge in [0, 0.05) is 17.3 Å². The first-order valence-electron chi connectivity index (χ1n) is 6.45. The van der Waals surface area contributed by atoms with Crippen LogP contribution >= 0.6 is 0 Å². The van der Waals surface area contributed by atoms with Gasteiger partial charge in [-0.3, -0.25) is 4.79 Å². The molecule has 0 spiro atoms. The summed E-state index contributed by atoms with van der Waals surface area (Å²) in [4.78, 5) is 12.1. The number of hydrogen-bond acceptors (Lipinski definition) is 2. The van der Waals surface area contributed by atoms with Crippen molar-refractivity contribution in [3.05, 3.63) is 70.8 Å². The molecule has 0 unspecified atom stereocenters. The molecule has 0 aliphatic heterocycles. The van der Waals surface area contributed by atoms with Crippen molar-refractivity contribution in [3.63, 3.8) is 0 Å². The summed E-state index contributed by atoms with van der Waals surface area (Å²) >= 11 is 0. The van der Waals surface area contributed by atoms with Gasteiger partial charge in [-0.25, -0.2) is 8.78 Å². The Bertz CT molecular complexity index is 791. The lowest BCUT2D eigenvalue weighted by molar-refractivity contribution is -0.112. The van der Waals surface area contributed by atoms with E-state index in [-0.39, 0.29) is 11.1 Å². The van der Waals surface area contributed by atoms with Crippen LogP contribution < -0.4 is 5.32 Å². The molecule has 2 aromatic carbocycles. The van der Waals surface area contributed by atoms with Crippen molar-refractivity contribution in [2.45, 2.75) is 6.92 Å². The number of aryl methyl sites for hydroxylation is 1. The summed E-state index contributed by atoms with van der Waals surface area (Å²) < 4.78 is 26.4. The first-order chi connectivity index (χ1) is 10.5. The molecule has 2 aromatic rings. The van der Waals surface area contributed by atoms with Crippen molar-refractivity contribution in [2.75, 3.05) is 5.32 Å². The van der Waals surface area contributed by atoms with Crippen molar-refractivity contribution in [3.8, 4) is 6.07 Å². The molecule has 22 heavy (non-hydrogen) atoms. The predicted molar refractivity (Wildman–Crippen MR) is 79.8 cm³/mol. The molecular weight excluding hydrogens is 286 g/mol. The van der Waals surface area contributed by atoms with Crippen LogP contribution in [-0.4, -0.2) is 5.91 Å². The molecule has 0 saturated heterocycles. The van der Waals surface area contributed by atoms with Crippen LogP contribution in [0, 0.1) is 29.9 Å². The summed E-state index contributed by atoms with van der Waals surface area (Å²) in [7, 11) is 0. The van der Waals surface area contributed by atoms with Crippen LogP contribution in [0.2, 0.25) is 0 Å². The lowest BCUT2D eigenvalue weighted by atomic mass is 10.1. The van der Waals surface area contributed by atoms with Crippen molar-refractivity contribution < 1.29 is 13.6 Å². The Labute approximate surface area is 126 Å². The van der Waals surface area contributed by atoms with Gasteiger partial charge in [0.05, 0.1) is 0 Å². The Morgan fingerprint density at radius 3 is 2.59 bits per heavy atom. The van der Waals surface area contributed by atoms with Gasteiger partial charge in [0.2, 0.25) is 0 Å². The van der Waals surface area contributed by atoms with Crippen LogP contribution in [0.15, 0.2) is 48.0 Å². The number of anilines is 1. The second-order valence-corrected chi connectivity index (χ2v) is 4.60. The van der Waals surface area contributed by atoms with E-state index in [0.29, 0.717) is 11.8 Å². The highest BCUT2D eigenvalue weighted by atomic mass is 19.1. The normalized spacial score (nSPS) is 10.9. The van der Waals surface area contributed by atoms with E-state index in [0.717, 1.165) is 17.7 Å². The largest absolute Gasteiger partial charge is 0.321 e. The molecule has 0 radical (unpaired) electrons. The number of nitrogens with zero attached hydrogens (tertiary/aromatic N) is 1. The zero-order valence-corrected chi connectivity index (χ0v) is 11.7. The molecule has 0 aliphatic carbocycles. The number of hydrogen-bond donors (Lipinski definition) is 1. The number of rotatable bonds is 3. The highest BCUT2D eigenvalue weighted by Crippen LogP contribution is 2.17. The predicted octanol–water partition coefficient (Wildman–Crippen LogP) is 3.82. The van der Waals surface area contributed by atoms with Gasteiger partial charge in [-0.15, -0.1) is 0 Å². The highest BCUT2D eigenvalue weighted by Gasteiger charge is 2.12. The van der Waals surface area contributed by atoms with Crippen molar-refractivity contribution in [1.82, 2.24) is 0 Å². The van der Waals surface area contributed by atoms with Crippen LogP contribution in [-0.2, 0) is 4.79 Å². The maximum Gasteiger partial charge on any atom is 0.266 e. The Morgan fingerprint density at radius 1 is 1.23 bits per heavy atom. The molecular formula is C17H12F2N2O. The molecule has 2 rings (SSSR count). The second kappa shape index (κ2) is 6.64. The molecule has 0 atom stereocenters. The molecule has 0 bridgehead atoms. The first kappa shape index (κ1) is 15.4. The fourth-order valence-corrected chi connectivity index (χ4v) is 1.83. The van der Waals surface area contributed by atoms with E-state index in [9.17, 15) is 13.6 Å². The van der Waals surface area contributed by atoms with Gasteiger partial charge in [0.1, 0.15) is 23.3 Å². The molecule has 0 saturated carbocycles. The fourth-order valence-electron chi connectivity index (χ4n) is 1.83. The zero-order chi connectivity index (χ0) is 16.1. The van der Waals surface area contributed by atoms with E-state index >= 15 is 0 Å². The van der Waals surface area contributed by atoms with Crippen LogP contribution in [0.5, 0.6) is 0 Å². The van der Waals surface area contributed by atoms with Crippen LogP contribution in [0.25, 0.3) is 6.08 Å². The van der Waals surface area contributed by atoms with E-state index in [2.05, 4.69) is 5.32 Å². The summed E-state index contributed by atoms with van der Waals surface area (Å²) in [5.74, 6) is -2.21. The van der Waals surface area contributed by atoms with Crippen molar-refractivity contribution >= 4 is 17.7 Å². The molecule has 0 aliphatic rings. The fraction of sp³-hybridized carbons (Fsp3) is 0.0588. The third-order valence-electron chi connectivity index (χ3n) is 3.02. The summed E-state index contributed by atoms with van der Waals surface area (Å²) in [6.07, 6.45) is 1.09. The monoisotopic (exact) mass is 298 g/mol. The molecule has 3 nitrogen and oxygen atoms in total. The van der Waals surface area contributed by atoms with E-state index < -0.39 is 17.5 Å². The zero-order valence-electron chi connectivity index (χ0n) is 11.7. The van der Waals surface area contributed by atoms with Crippen LogP contribution in [0.4, 0.5) is 14.5 Å². The van der Waals surface area contributed by atoms with Gasteiger partial charge in [-0.2, -0.15) is 5.26 Å². The van der Waals surface area contributed by atoms with E-state index in [1.807, 2.05) is 19.1 Å².